The molecule has 17 heavy (non-hydrogen) atoms. The first-order valence-electron chi connectivity index (χ1n) is 7.79. The summed E-state index contributed by atoms with van der Waals surface area (Å²) in [5, 5.41) is 3.58. The molecule has 2 heteroatoms. The highest BCUT2D eigenvalue weighted by atomic mass is 15.1. The minimum Gasteiger partial charge on any atom is -0.315 e. The van der Waals surface area contributed by atoms with Crippen molar-refractivity contribution in [3.8, 4) is 0 Å². The molecule has 1 aliphatic rings. The second-order valence-electron chi connectivity index (χ2n) is 5.50. The molecule has 0 unspecified atom stereocenters. The summed E-state index contributed by atoms with van der Waals surface area (Å²) >= 11 is 0. The van der Waals surface area contributed by atoms with Gasteiger partial charge in [-0.05, 0) is 38.3 Å². The summed E-state index contributed by atoms with van der Waals surface area (Å²) in [6, 6.07) is 0. The number of rotatable bonds is 11. The van der Waals surface area contributed by atoms with Crippen LogP contribution < -0.4 is 5.32 Å². The van der Waals surface area contributed by atoms with Gasteiger partial charge in [0.25, 0.3) is 0 Å². The maximum atomic E-state index is 3.58. The van der Waals surface area contributed by atoms with Gasteiger partial charge in [0.15, 0.2) is 0 Å². The third-order valence-electron chi connectivity index (χ3n) is 4.00. The lowest BCUT2D eigenvalue weighted by Crippen LogP contribution is -2.37. The van der Waals surface area contributed by atoms with E-state index in [1.165, 1.54) is 77.7 Å². The minimum absolute atomic E-state index is 1.01. The van der Waals surface area contributed by atoms with Crippen molar-refractivity contribution in [2.24, 2.45) is 5.92 Å². The van der Waals surface area contributed by atoms with Crippen LogP contribution >= 0.6 is 0 Å². The molecule has 1 fully saturated rings. The van der Waals surface area contributed by atoms with Crippen LogP contribution in [0.2, 0.25) is 0 Å². The first-order valence-corrected chi connectivity index (χ1v) is 7.79. The normalized spacial score (nSPS) is 16.4. The summed E-state index contributed by atoms with van der Waals surface area (Å²) in [5.41, 5.74) is 0. The standard InChI is InChI=1S/C15H32N2/c1-3-5-6-7-11-16-12-13-17(4-2)14-15-9-8-10-15/h15-16H,3-14H2,1-2H3. The molecule has 0 aromatic rings. The second kappa shape index (κ2) is 9.90. The molecule has 0 bridgehead atoms. The first kappa shape index (κ1) is 15.0. The Bertz CT molecular complexity index is 166. The molecule has 102 valence electrons. The maximum Gasteiger partial charge on any atom is 0.0107 e. The number of nitrogens with one attached hydrogen (secondary N) is 1. The van der Waals surface area contributed by atoms with Crippen LogP contribution in [0.5, 0.6) is 0 Å². The van der Waals surface area contributed by atoms with Crippen molar-refractivity contribution in [3.05, 3.63) is 0 Å². The van der Waals surface area contributed by atoms with Crippen LogP contribution in [0.4, 0.5) is 0 Å². The summed E-state index contributed by atoms with van der Waals surface area (Å²) in [5.74, 6) is 1.01. The van der Waals surface area contributed by atoms with Gasteiger partial charge < -0.3 is 10.2 Å². The van der Waals surface area contributed by atoms with Gasteiger partial charge in [-0.1, -0.05) is 39.5 Å². The van der Waals surface area contributed by atoms with Crippen molar-refractivity contribution in [1.29, 1.82) is 0 Å². The van der Waals surface area contributed by atoms with Gasteiger partial charge in [0.05, 0.1) is 0 Å². The molecule has 1 saturated carbocycles. The fourth-order valence-corrected chi connectivity index (χ4v) is 2.46. The van der Waals surface area contributed by atoms with Gasteiger partial charge in [0.1, 0.15) is 0 Å². The molecule has 0 aromatic carbocycles. The Hall–Kier alpha value is -0.0800. The second-order valence-corrected chi connectivity index (χ2v) is 5.50. The lowest BCUT2D eigenvalue weighted by atomic mass is 9.85. The molecule has 1 N–H and O–H groups in total. The third kappa shape index (κ3) is 7.05. The van der Waals surface area contributed by atoms with Crippen molar-refractivity contribution in [1.82, 2.24) is 10.2 Å². The molecule has 0 aliphatic heterocycles. The number of hydrogen-bond donors (Lipinski definition) is 1. The van der Waals surface area contributed by atoms with Gasteiger partial charge in [-0.2, -0.15) is 0 Å². The molecule has 0 aromatic heterocycles. The van der Waals surface area contributed by atoms with Gasteiger partial charge in [0, 0.05) is 19.6 Å². The molecular formula is C15H32N2. The van der Waals surface area contributed by atoms with Crippen LogP contribution in [-0.2, 0) is 0 Å². The van der Waals surface area contributed by atoms with Crippen molar-refractivity contribution in [2.75, 3.05) is 32.7 Å². The zero-order valence-electron chi connectivity index (χ0n) is 12.0. The van der Waals surface area contributed by atoms with Crippen LogP contribution in [0.3, 0.4) is 0 Å². The summed E-state index contributed by atoms with van der Waals surface area (Å²) in [6.07, 6.45) is 9.89. The predicted molar refractivity (Wildman–Crippen MR) is 76.5 cm³/mol. The maximum absolute atomic E-state index is 3.58. The average molecular weight is 240 g/mol. The zero-order chi connectivity index (χ0) is 12.3. The van der Waals surface area contributed by atoms with Gasteiger partial charge in [-0.15, -0.1) is 0 Å². The van der Waals surface area contributed by atoms with Gasteiger partial charge in [-0.25, -0.2) is 0 Å². The molecule has 1 rings (SSSR count). The van der Waals surface area contributed by atoms with Crippen LogP contribution in [0.15, 0.2) is 0 Å². The van der Waals surface area contributed by atoms with E-state index in [0.29, 0.717) is 0 Å². The summed E-state index contributed by atoms with van der Waals surface area (Å²) < 4.78 is 0. The third-order valence-corrected chi connectivity index (χ3v) is 4.00. The average Bonchev–Trinajstić information content (AvgIpc) is 2.29. The highest BCUT2D eigenvalue weighted by Gasteiger charge is 2.19. The number of hydrogen-bond acceptors (Lipinski definition) is 2. The Kier molecular flexibility index (Phi) is 8.72. The summed E-state index contributed by atoms with van der Waals surface area (Å²) in [4.78, 5) is 2.61. The first-order chi connectivity index (χ1) is 8.36. The van der Waals surface area contributed by atoms with Crippen LogP contribution in [0.1, 0.15) is 58.8 Å². The van der Waals surface area contributed by atoms with E-state index in [1.54, 1.807) is 0 Å². The van der Waals surface area contributed by atoms with Crippen molar-refractivity contribution in [2.45, 2.75) is 58.8 Å². The van der Waals surface area contributed by atoms with Crippen molar-refractivity contribution >= 4 is 0 Å². The molecule has 2 nitrogen and oxygen atoms in total. The van der Waals surface area contributed by atoms with E-state index in [4.69, 9.17) is 0 Å². The molecule has 0 radical (unpaired) electrons. The Labute approximate surface area is 108 Å². The number of likely N-dealkylation sites (N-methyl/N-ethyl adjacent to an activating group) is 1. The van der Waals surface area contributed by atoms with E-state index >= 15 is 0 Å². The van der Waals surface area contributed by atoms with Crippen molar-refractivity contribution < 1.29 is 0 Å². The zero-order valence-corrected chi connectivity index (χ0v) is 12.0. The van der Waals surface area contributed by atoms with E-state index < -0.39 is 0 Å². The molecule has 0 saturated heterocycles. The van der Waals surface area contributed by atoms with Crippen molar-refractivity contribution in [3.63, 3.8) is 0 Å². The quantitative estimate of drug-likeness (QED) is 0.558. The molecule has 0 atom stereocenters. The molecular weight excluding hydrogens is 208 g/mol. The SMILES string of the molecule is CCCCCCNCCN(CC)CC1CCC1. The van der Waals surface area contributed by atoms with Gasteiger partial charge >= 0.3 is 0 Å². The van der Waals surface area contributed by atoms with Crippen LogP contribution in [0, 0.1) is 5.92 Å². The van der Waals surface area contributed by atoms with E-state index in [-0.39, 0.29) is 0 Å². The largest absolute Gasteiger partial charge is 0.315 e. The topological polar surface area (TPSA) is 15.3 Å². The summed E-state index contributed by atoms with van der Waals surface area (Å²) in [7, 11) is 0. The highest BCUT2D eigenvalue weighted by Crippen LogP contribution is 2.26. The Balaban J connectivity index is 1.88. The van der Waals surface area contributed by atoms with E-state index in [0.717, 1.165) is 5.92 Å². The Morgan fingerprint density at radius 3 is 2.47 bits per heavy atom. The number of unbranched alkanes of at least 4 members (excludes halogenated alkanes) is 3. The lowest BCUT2D eigenvalue weighted by molar-refractivity contribution is 0.184. The van der Waals surface area contributed by atoms with Crippen LogP contribution in [-0.4, -0.2) is 37.6 Å². The predicted octanol–water partition coefficient (Wildman–Crippen LogP) is 3.28. The molecule has 1 aliphatic carbocycles. The molecule has 0 amide bonds. The van der Waals surface area contributed by atoms with Gasteiger partial charge in [0.2, 0.25) is 0 Å². The van der Waals surface area contributed by atoms with Gasteiger partial charge in [-0.3, -0.25) is 0 Å². The minimum atomic E-state index is 1.01. The number of nitrogens with zero attached hydrogens (tertiary/aromatic N) is 1. The monoisotopic (exact) mass is 240 g/mol. The fraction of sp³-hybridized carbons (Fsp3) is 1.00. The van der Waals surface area contributed by atoms with E-state index in [1.807, 2.05) is 0 Å². The lowest BCUT2D eigenvalue weighted by Gasteiger charge is -2.31. The van der Waals surface area contributed by atoms with E-state index in [9.17, 15) is 0 Å². The Morgan fingerprint density at radius 1 is 1.06 bits per heavy atom. The highest BCUT2D eigenvalue weighted by molar-refractivity contribution is 4.73. The van der Waals surface area contributed by atoms with E-state index in [2.05, 4.69) is 24.1 Å². The fourth-order valence-electron chi connectivity index (χ4n) is 2.46. The van der Waals surface area contributed by atoms with Crippen LogP contribution in [0.25, 0.3) is 0 Å². The smallest absolute Gasteiger partial charge is 0.0107 e. The Morgan fingerprint density at radius 2 is 1.88 bits per heavy atom. The molecule has 0 spiro atoms. The molecule has 0 heterocycles. The summed E-state index contributed by atoms with van der Waals surface area (Å²) in [6.45, 7) is 10.7.